The van der Waals surface area contributed by atoms with Crippen molar-refractivity contribution in [2.24, 2.45) is 0 Å². The second-order valence-electron chi connectivity index (χ2n) is 4.70. The van der Waals surface area contributed by atoms with E-state index in [0.717, 1.165) is 19.4 Å². The molecule has 0 atom stereocenters. The van der Waals surface area contributed by atoms with Crippen LogP contribution in [0.25, 0.3) is 0 Å². The number of hydrogen-bond acceptors (Lipinski definition) is 1. The van der Waals surface area contributed by atoms with Gasteiger partial charge in [-0.15, -0.1) is 0 Å². The first-order valence-electron chi connectivity index (χ1n) is 6.61. The molecule has 0 aliphatic heterocycles. The number of benzene rings is 1. The Morgan fingerprint density at radius 1 is 1.11 bits per heavy atom. The Bertz CT molecular complexity index is 387. The van der Waals surface area contributed by atoms with Crippen LogP contribution in [-0.4, -0.2) is 6.61 Å². The lowest BCUT2D eigenvalue weighted by Gasteiger charge is -2.05. The van der Waals surface area contributed by atoms with E-state index in [1.807, 2.05) is 18.2 Å². The molecule has 0 saturated heterocycles. The molecule has 1 nitrogen and oxygen atoms in total. The van der Waals surface area contributed by atoms with Gasteiger partial charge in [0.15, 0.2) is 0 Å². The molecule has 0 heterocycles. The van der Waals surface area contributed by atoms with Gasteiger partial charge in [-0.05, 0) is 39.2 Å². The van der Waals surface area contributed by atoms with Gasteiger partial charge in [0.2, 0.25) is 0 Å². The number of rotatable bonds is 7. The van der Waals surface area contributed by atoms with E-state index in [4.69, 9.17) is 4.74 Å². The summed E-state index contributed by atoms with van der Waals surface area (Å²) in [5.41, 5.74) is 3.99. The van der Waals surface area contributed by atoms with Crippen LogP contribution in [0.15, 0.2) is 53.6 Å². The summed E-state index contributed by atoms with van der Waals surface area (Å²) in [5, 5.41) is 0. The Kier molecular flexibility index (Phi) is 7.12. The molecule has 0 saturated carbocycles. The van der Waals surface area contributed by atoms with Gasteiger partial charge in [-0.1, -0.05) is 53.6 Å². The third-order valence-corrected chi connectivity index (χ3v) is 2.97. The Morgan fingerprint density at radius 2 is 1.83 bits per heavy atom. The SMILES string of the molecule is C/C=C(\C)CC/C=C(\C)COCc1ccccc1. The molecule has 18 heavy (non-hydrogen) atoms. The van der Waals surface area contributed by atoms with Crippen molar-refractivity contribution in [3.8, 4) is 0 Å². The lowest BCUT2D eigenvalue weighted by molar-refractivity contribution is 0.142. The monoisotopic (exact) mass is 244 g/mol. The van der Waals surface area contributed by atoms with Crippen LogP contribution < -0.4 is 0 Å². The highest BCUT2D eigenvalue weighted by atomic mass is 16.5. The standard InChI is InChI=1S/C17H24O/c1-4-15(2)9-8-10-16(3)13-18-14-17-11-6-5-7-12-17/h4-7,10-12H,8-9,13-14H2,1-3H3/b15-4+,16-10+. The molecule has 0 aromatic heterocycles. The topological polar surface area (TPSA) is 9.23 Å². The Morgan fingerprint density at radius 3 is 2.50 bits per heavy atom. The molecule has 0 radical (unpaired) electrons. The smallest absolute Gasteiger partial charge is 0.0721 e. The molecule has 1 aromatic rings. The molecule has 0 bridgehead atoms. The van der Waals surface area contributed by atoms with Gasteiger partial charge >= 0.3 is 0 Å². The van der Waals surface area contributed by atoms with Crippen molar-refractivity contribution in [1.29, 1.82) is 0 Å². The highest BCUT2D eigenvalue weighted by Gasteiger charge is 1.94. The van der Waals surface area contributed by atoms with E-state index in [1.54, 1.807) is 0 Å². The van der Waals surface area contributed by atoms with Crippen LogP contribution in [0.3, 0.4) is 0 Å². The van der Waals surface area contributed by atoms with E-state index >= 15 is 0 Å². The van der Waals surface area contributed by atoms with Gasteiger partial charge in [-0.2, -0.15) is 0 Å². The van der Waals surface area contributed by atoms with Crippen molar-refractivity contribution in [3.63, 3.8) is 0 Å². The van der Waals surface area contributed by atoms with Crippen LogP contribution in [0.4, 0.5) is 0 Å². The maximum atomic E-state index is 5.68. The molecule has 1 aromatic carbocycles. The zero-order chi connectivity index (χ0) is 13.2. The molecule has 0 amide bonds. The van der Waals surface area contributed by atoms with Gasteiger partial charge in [0.25, 0.3) is 0 Å². The fourth-order valence-electron chi connectivity index (χ4n) is 1.65. The van der Waals surface area contributed by atoms with Gasteiger partial charge < -0.3 is 4.74 Å². The molecule has 1 rings (SSSR count). The van der Waals surface area contributed by atoms with Gasteiger partial charge in [0.05, 0.1) is 13.2 Å². The van der Waals surface area contributed by atoms with E-state index < -0.39 is 0 Å². The molecule has 0 aliphatic carbocycles. The van der Waals surface area contributed by atoms with E-state index in [1.165, 1.54) is 16.7 Å². The van der Waals surface area contributed by atoms with Crippen molar-refractivity contribution in [3.05, 3.63) is 59.2 Å². The van der Waals surface area contributed by atoms with Gasteiger partial charge in [-0.25, -0.2) is 0 Å². The van der Waals surface area contributed by atoms with Crippen LogP contribution in [0.1, 0.15) is 39.2 Å². The summed E-state index contributed by atoms with van der Waals surface area (Å²) in [4.78, 5) is 0. The molecular weight excluding hydrogens is 220 g/mol. The van der Waals surface area contributed by atoms with E-state index in [9.17, 15) is 0 Å². The van der Waals surface area contributed by atoms with Crippen LogP contribution in [-0.2, 0) is 11.3 Å². The molecule has 1 heteroatoms. The zero-order valence-electron chi connectivity index (χ0n) is 11.8. The Balaban J connectivity index is 2.20. The maximum Gasteiger partial charge on any atom is 0.0721 e. The minimum atomic E-state index is 0.694. The lowest BCUT2D eigenvalue weighted by atomic mass is 10.1. The largest absolute Gasteiger partial charge is 0.372 e. The fourth-order valence-corrected chi connectivity index (χ4v) is 1.65. The van der Waals surface area contributed by atoms with E-state index in [0.29, 0.717) is 6.61 Å². The third-order valence-electron chi connectivity index (χ3n) is 2.97. The molecule has 0 N–H and O–H groups in total. The van der Waals surface area contributed by atoms with E-state index in [2.05, 4.69) is 45.1 Å². The van der Waals surface area contributed by atoms with Crippen LogP contribution >= 0.6 is 0 Å². The summed E-state index contributed by atoms with van der Waals surface area (Å²) in [6.45, 7) is 7.82. The number of allylic oxidation sites excluding steroid dienone is 3. The van der Waals surface area contributed by atoms with Crippen molar-refractivity contribution >= 4 is 0 Å². The lowest BCUT2D eigenvalue weighted by Crippen LogP contribution is -1.96. The summed E-state index contributed by atoms with van der Waals surface area (Å²) in [7, 11) is 0. The average Bonchev–Trinajstić information content (AvgIpc) is 2.39. The van der Waals surface area contributed by atoms with Crippen LogP contribution in [0.2, 0.25) is 0 Å². The summed E-state index contributed by atoms with van der Waals surface area (Å²) in [6, 6.07) is 10.3. The highest BCUT2D eigenvalue weighted by Crippen LogP contribution is 2.07. The van der Waals surface area contributed by atoms with Crippen molar-refractivity contribution < 1.29 is 4.74 Å². The van der Waals surface area contributed by atoms with Crippen LogP contribution in [0, 0.1) is 0 Å². The molecule has 0 spiro atoms. The van der Waals surface area contributed by atoms with Crippen molar-refractivity contribution in [1.82, 2.24) is 0 Å². The molecule has 0 fully saturated rings. The second kappa shape index (κ2) is 8.71. The number of ether oxygens (including phenoxy) is 1. The summed E-state index contributed by atoms with van der Waals surface area (Å²) >= 11 is 0. The van der Waals surface area contributed by atoms with Crippen molar-refractivity contribution in [2.75, 3.05) is 6.61 Å². The molecular formula is C17H24O. The van der Waals surface area contributed by atoms with E-state index in [-0.39, 0.29) is 0 Å². The fraction of sp³-hybridized carbons (Fsp3) is 0.412. The number of hydrogen-bond donors (Lipinski definition) is 0. The third kappa shape index (κ3) is 6.41. The van der Waals surface area contributed by atoms with Gasteiger partial charge in [0, 0.05) is 0 Å². The van der Waals surface area contributed by atoms with Gasteiger partial charge in [0.1, 0.15) is 0 Å². The minimum Gasteiger partial charge on any atom is -0.372 e. The molecule has 0 unspecified atom stereocenters. The van der Waals surface area contributed by atoms with Crippen LogP contribution in [0.5, 0.6) is 0 Å². The first-order valence-corrected chi connectivity index (χ1v) is 6.61. The zero-order valence-corrected chi connectivity index (χ0v) is 11.8. The Hall–Kier alpha value is -1.34. The second-order valence-corrected chi connectivity index (χ2v) is 4.70. The highest BCUT2D eigenvalue weighted by molar-refractivity contribution is 5.13. The quantitative estimate of drug-likeness (QED) is 0.620. The maximum absolute atomic E-state index is 5.68. The average molecular weight is 244 g/mol. The summed E-state index contributed by atoms with van der Waals surface area (Å²) in [6.07, 6.45) is 6.70. The first kappa shape index (κ1) is 14.7. The first-order chi connectivity index (χ1) is 8.72. The normalized spacial score (nSPS) is 12.8. The molecule has 0 aliphatic rings. The minimum absolute atomic E-state index is 0.694. The van der Waals surface area contributed by atoms with Crippen molar-refractivity contribution in [2.45, 2.75) is 40.2 Å². The molecule has 98 valence electrons. The summed E-state index contributed by atoms with van der Waals surface area (Å²) < 4.78 is 5.68. The van der Waals surface area contributed by atoms with Gasteiger partial charge in [-0.3, -0.25) is 0 Å². The Labute approximate surface area is 111 Å². The predicted octanol–water partition coefficient (Wildman–Crippen LogP) is 4.90. The predicted molar refractivity (Wildman–Crippen MR) is 78.5 cm³/mol. The summed E-state index contributed by atoms with van der Waals surface area (Å²) in [5.74, 6) is 0.